The molecule has 3 aromatic carbocycles. The Bertz CT molecular complexity index is 1620. The van der Waals surface area contributed by atoms with Gasteiger partial charge < -0.3 is 38.2 Å². The molecule has 3 aromatic rings. The third kappa shape index (κ3) is 4.67. The van der Waals surface area contributed by atoms with E-state index in [0.717, 1.165) is 16.7 Å². The summed E-state index contributed by atoms with van der Waals surface area (Å²) < 4.78 is 33.8. The average Bonchev–Trinajstić information content (AvgIpc) is 3.75. The fraction of sp³-hybridized carbons (Fsp3) is 0.333. The van der Waals surface area contributed by atoms with E-state index in [1.165, 1.54) is 0 Å². The van der Waals surface area contributed by atoms with Crippen molar-refractivity contribution >= 4 is 17.9 Å². The molecule has 0 aliphatic carbocycles. The van der Waals surface area contributed by atoms with Crippen LogP contribution in [-0.4, -0.2) is 74.6 Å². The van der Waals surface area contributed by atoms with Gasteiger partial charge in [0.1, 0.15) is 0 Å². The van der Waals surface area contributed by atoms with E-state index in [1.54, 1.807) is 21.1 Å². The van der Waals surface area contributed by atoms with Crippen LogP contribution in [0.15, 0.2) is 60.2 Å². The number of nitrogens with zero attached hydrogens (tertiary/aromatic N) is 2. The van der Waals surface area contributed by atoms with Gasteiger partial charge in [0, 0.05) is 31.5 Å². The molecule has 0 N–H and O–H groups in total. The maximum Gasteiger partial charge on any atom is 0.250 e. The Hall–Kier alpha value is -4.86. The summed E-state index contributed by atoms with van der Waals surface area (Å²) in [5.74, 6) is 3.01. The van der Waals surface area contributed by atoms with Crippen molar-refractivity contribution in [3.63, 3.8) is 0 Å². The predicted molar refractivity (Wildman–Crippen MR) is 156 cm³/mol. The second-order valence-electron chi connectivity index (χ2n) is 11.0. The van der Waals surface area contributed by atoms with Crippen molar-refractivity contribution in [3.05, 3.63) is 76.9 Å². The number of benzene rings is 3. The largest absolute Gasteiger partial charge is 0.493 e. The van der Waals surface area contributed by atoms with Crippen molar-refractivity contribution < 1.29 is 38.0 Å². The van der Waals surface area contributed by atoms with Crippen LogP contribution in [0, 0.1) is 0 Å². The number of carbonyl (C=O) groups is 2. The minimum atomic E-state index is -0.329. The summed E-state index contributed by atoms with van der Waals surface area (Å²) in [4.78, 5) is 31.2. The smallest absolute Gasteiger partial charge is 0.250 e. The molecule has 0 saturated carbocycles. The minimum absolute atomic E-state index is 0.0488. The Morgan fingerprint density at radius 2 is 1.58 bits per heavy atom. The summed E-state index contributed by atoms with van der Waals surface area (Å²) in [6.07, 6.45) is 2.47. The molecular weight excluding hydrogens is 552 g/mol. The first-order valence-corrected chi connectivity index (χ1v) is 14.2. The first-order valence-electron chi connectivity index (χ1n) is 14.2. The molecule has 4 aliphatic rings. The molecule has 43 heavy (non-hydrogen) atoms. The highest BCUT2D eigenvalue weighted by molar-refractivity contribution is 6.03. The van der Waals surface area contributed by atoms with E-state index in [0.29, 0.717) is 59.6 Å². The number of rotatable bonds is 6. The van der Waals surface area contributed by atoms with E-state index in [4.69, 9.17) is 28.4 Å². The first kappa shape index (κ1) is 27.0. The average molecular weight is 585 g/mol. The fourth-order valence-electron chi connectivity index (χ4n) is 6.68. The predicted octanol–water partition coefficient (Wildman–Crippen LogP) is 4.01. The van der Waals surface area contributed by atoms with Crippen LogP contribution in [0.2, 0.25) is 0 Å². The van der Waals surface area contributed by atoms with Crippen molar-refractivity contribution in [2.75, 3.05) is 40.9 Å². The molecule has 0 radical (unpaired) electrons. The van der Waals surface area contributed by atoms with Crippen molar-refractivity contribution in [2.24, 2.45) is 0 Å². The zero-order valence-corrected chi connectivity index (χ0v) is 24.2. The van der Waals surface area contributed by atoms with Gasteiger partial charge in [0.15, 0.2) is 23.0 Å². The molecular formula is C33H32N2O8. The minimum Gasteiger partial charge on any atom is -0.493 e. The molecule has 10 nitrogen and oxygen atoms in total. The van der Waals surface area contributed by atoms with E-state index >= 15 is 0 Å². The number of piperazine rings is 1. The summed E-state index contributed by atoms with van der Waals surface area (Å²) >= 11 is 0. The SMILES string of the molecule is COc1cc(CC2CN3C(=O)C(=Cc4ccccc4)C(c4cc(OC)c5c(c4)OCO5)C3CN2C(C)=O)cc2c1OCO2. The van der Waals surface area contributed by atoms with Gasteiger partial charge in [-0.05, 0) is 53.5 Å². The number of fused-ring (bicyclic) bond motifs is 3. The Morgan fingerprint density at radius 3 is 2.26 bits per heavy atom. The molecule has 0 bridgehead atoms. The van der Waals surface area contributed by atoms with Crippen LogP contribution in [0.3, 0.4) is 0 Å². The molecule has 2 fully saturated rings. The molecule has 4 heterocycles. The second kappa shape index (κ2) is 10.8. The van der Waals surface area contributed by atoms with Crippen molar-refractivity contribution in [3.8, 4) is 34.5 Å². The van der Waals surface area contributed by atoms with Gasteiger partial charge in [-0.15, -0.1) is 0 Å². The quantitative estimate of drug-likeness (QED) is 0.401. The van der Waals surface area contributed by atoms with Crippen molar-refractivity contribution in [1.29, 1.82) is 0 Å². The number of ether oxygens (including phenoxy) is 6. The van der Waals surface area contributed by atoms with Gasteiger partial charge in [0.05, 0.1) is 26.3 Å². The highest BCUT2D eigenvalue weighted by Gasteiger charge is 2.50. The van der Waals surface area contributed by atoms with Crippen LogP contribution in [0.25, 0.3) is 6.08 Å². The lowest BCUT2D eigenvalue weighted by atomic mass is 9.85. The molecule has 222 valence electrons. The summed E-state index contributed by atoms with van der Waals surface area (Å²) in [7, 11) is 3.17. The summed E-state index contributed by atoms with van der Waals surface area (Å²) in [6.45, 7) is 2.57. The lowest BCUT2D eigenvalue weighted by molar-refractivity contribution is -0.140. The lowest BCUT2D eigenvalue weighted by Gasteiger charge is -2.44. The van der Waals surface area contributed by atoms with Crippen LogP contribution in [0.5, 0.6) is 34.5 Å². The molecule has 10 heteroatoms. The molecule has 2 amide bonds. The van der Waals surface area contributed by atoms with Gasteiger partial charge in [0.2, 0.25) is 31.0 Å². The lowest BCUT2D eigenvalue weighted by Crippen LogP contribution is -2.59. The summed E-state index contributed by atoms with van der Waals surface area (Å²) in [6, 6.07) is 16.9. The van der Waals surface area contributed by atoms with E-state index in [2.05, 4.69) is 0 Å². The van der Waals surface area contributed by atoms with Crippen LogP contribution in [0.1, 0.15) is 29.5 Å². The number of hydrogen-bond donors (Lipinski definition) is 0. The molecule has 0 aromatic heterocycles. The molecule has 2 saturated heterocycles. The fourth-order valence-corrected chi connectivity index (χ4v) is 6.68. The maximum absolute atomic E-state index is 14.3. The molecule has 7 rings (SSSR count). The van der Waals surface area contributed by atoms with Gasteiger partial charge in [-0.1, -0.05) is 30.3 Å². The van der Waals surface area contributed by atoms with Gasteiger partial charge in [0.25, 0.3) is 5.91 Å². The van der Waals surface area contributed by atoms with Crippen LogP contribution < -0.4 is 28.4 Å². The van der Waals surface area contributed by atoms with Gasteiger partial charge in [-0.2, -0.15) is 0 Å². The summed E-state index contributed by atoms with van der Waals surface area (Å²) in [5, 5.41) is 0. The van der Waals surface area contributed by atoms with Crippen LogP contribution >= 0.6 is 0 Å². The Morgan fingerprint density at radius 1 is 0.907 bits per heavy atom. The molecule has 0 spiro atoms. The normalized spacial score (nSPS) is 22.6. The third-order valence-electron chi connectivity index (χ3n) is 8.62. The monoisotopic (exact) mass is 584 g/mol. The zero-order valence-electron chi connectivity index (χ0n) is 24.2. The van der Waals surface area contributed by atoms with Crippen molar-refractivity contribution in [2.45, 2.75) is 31.3 Å². The number of methoxy groups -OCH3 is 2. The van der Waals surface area contributed by atoms with Gasteiger partial charge in [-0.3, -0.25) is 9.59 Å². The van der Waals surface area contributed by atoms with E-state index < -0.39 is 0 Å². The highest BCUT2D eigenvalue weighted by atomic mass is 16.7. The van der Waals surface area contributed by atoms with Crippen LogP contribution in [-0.2, 0) is 16.0 Å². The summed E-state index contributed by atoms with van der Waals surface area (Å²) in [5.41, 5.74) is 3.38. The van der Waals surface area contributed by atoms with Gasteiger partial charge >= 0.3 is 0 Å². The van der Waals surface area contributed by atoms with Gasteiger partial charge in [-0.25, -0.2) is 0 Å². The Labute approximate surface area is 249 Å². The number of amides is 2. The molecule has 3 unspecified atom stereocenters. The maximum atomic E-state index is 14.3. The second-order valence-corrected chi connectivity index (χ2v) is 11.0. The standard InChI is InChI=1S/C33H32N2O8/c1-19(36)34-16-25-30(22-13-27(39-3)32-29(14-22)41-18-43-32)24(10-20-7-5-4-6-8-20)33(37)35(25)15-23(34)9-21-11-26(38-2)31-28(12-21)40-17-42-31/h4-8,10-14,23,25,30H,9,15-18H2,1-3H3. The first-order chi connectivity index (χ1) is 20.9. The Balaban J connectivity index is 1.28. The van der Waals surface area contributed by atoms with E-state index in [9.17, 15) is 9.59 Å². The topological polar surface area (TPSA) is 96.0 Å². The number of hydrogen-bond acceptors (Lipinski definition) is 8. The Kier molecular flexibility index (Phi) is 6.76. The third-order valence-corrected chi connectivity index (χ3v) is 8.62. The van der Waals surface area contributed by atoms with E-state index in [-0.39, 0.29) is 43.4 Å². The highest BCUT2D eigenvalue weighted by Crippen LogP contribution is 2.49. The number of carbonyl (C=O) groups excluding carboxylic acids is 2. The van der Waals surface area contributed by atoms with Crippen molar-refractivity contribution in [1.82, 2.24) is 9.80 Å². The van der Waals surface area contributed by atoms with Crippen LogP contribution in [0.4, 0.5) is 0 Å². The van der Waals surface area contributed by atoms with E-state index in [1.807, 2.05) is 70.5 Å². The molecule has 4 aliphatic heterocycles. The molecule has 3 atom stereocenters. The zero-order chi connectivity index (χ0) is 29.7.